The minimum absolute atomic E-state index is 0.0112. The number of non-ortho nitro benzene ring substituents is 1. The summed E-state index contributed by atoms with van der Waals surface area (Å²) >= 11 is 0. The van der Waals surface area contributed by atoms with Crippen LogP contribution >= 0.6 is 0 Å². The van der Waals surface area contributed by atoms with Gasteiger partial charge < -0.3 is 5.32 Å². The molecule has 1 aromatic carbocycles. The van der Waals surface area contributed by atoms with Gasteiger partial charge in [0, 0.05) is 18.2 Å². The van der Waals surface area contributed by atoms with Gasteiger partial charge in [-0.15, -0.1) is 5.10 Å². The van der Waals surface area contributed by atoms with Crippen LogP contribution in [0, 0.1) is 10.1 Å². The zero-order chi connectivity index (χ0) is 17.1. The van der Waals surface area contributed by atoms with Crippen molar-refractivity contribution in [3.8, 4) is 0 Å². The quantitative estimate of drug-likeness (QED) is 0.491. The van der Waals surface area contributed by atoms with Crippen LogP contribution in [0.2, 0.25) is 0 Å². The number of benzene rings is 1. The van der Waals surface area contributed by atoms with Crippen LogP contribution in [0.15, 0.2) is 30.3 Å². The van der Waals surface area contributed by atoms with E-state index in [0.29, 0.717) is 17.4 Å². The number of nitro groups is 1. The van der Waals surface area contributed by atoms with Crippen molar-refractivity contribution in [3.05, 3.63) is 51.8 Å². The van der Waals surface area contributed by atoms with Crippen LogP contribution in [0.4, 0.5) is 5.69 Å². The van der Waals surface area contributed by atoms with Crippen LogP contribution in [-0.2, 0) is 4.79 Å². The average molecular weight is 328 g/mol. The van der Waals surface area contributed by atoms with Gasteiger partial charge in [-0.25, -0.2) is 4.68 Å². The Labute approximate surface area is 137 Å². The molecule has 0 spiro atoms. The number of nitrogens with one attached hydrogen (secondary N) is 1. The zero-order valence-corrected chi connectivity index (χ0v) is 13.0. The van der Waals surface area contributed by atoms with Gasteiger partial charge >= 0.3 is 0 Å². The first-order chi connectivity index (χ1) is 11.5. The molecule has 1 atom stereocenters. The maximum absolute atomic E-state index is 12.0. The number of carbonyl (C=O) groups excluding carboxylic acids is 1. The monoisotopic (exact) mass is 328 g/mol. The lowest BCUT2D eigenvalue weighted by atomic mass is 10.2. The molecule has 1 heterocycles. The maximum Gasteiger partial charge on any atom is 0.269 e. The molecule has 0 bridgehead atoms. The van der Waals surface area contributed by atoms with Crippen molar-refractivity contribution < 1.29 is 9.72 Å². The third-order valence-corrected chi connectivity index (χ3v) is 3.69. The highest BCUT2D eigenvalue weighted by Gasteiger charge is 2.29. The first kappa shape index (κ1) is 15.8. The molecule has 1 unspecified atom stereocenters. The molecule has 24 heavy (non-hydrogen) atoms. The second-order valence-electron chi connectivity index (χ2n) is 5.63. The van der Waals surface area contributed by atoms with E-state index in [4.69, 9.17) is 0 Å². The molecule has 9 nitrogen and oxygen atoms in total. The normalized spacial score (nSPS) is 15.4. The van der Waals surface area contributed by atoms with Crippen LogP contribution < -0.4 is 5.32 Å². The van der Waals surface area contributed by atoms with Gasteiger partial charge in [0.05, 0.1) is 17.0 Å². The number of tetrazole rings is 1. The molecule has 1 aliphatic rings. The van der Waals surface area contributed by atoms with Crippen LogP contribution in [0.5, 0.6) is 0 Å². The zero-order valence-electron chi connectivity index (χ0n) is 13.0. The summed E-state index contributed by atoms with van der Waals surface area (Å²) in [6, 6.07) is 5.98. The summed E-state index contributed by atoms with van der Waals surface area (Å²) in [5, 5.41) is 25.0. The Morgan fingerprint density at radius 2 is 2.12 bits per heavy atom. The molecule has 0 radical (unpaired) electrons. The highest BCUT2D eigenvalue weighted by Crippen LogP contribution is 2.35. The molecular weight excluding hydrogens is 312 g/mol. The van der Waals surface area contributed by atoms with E-state index in [1.165, 1.54) is 18.2 Å². The standard InChI is InChI=1S/C15H16N6O3/c1-10(15-17-18-19-20(15)12-7-8-12)16-14(22)9-4-11-2-5-13(6-3-11)21(23)24/h2-6,9-10,12H,7-8H2,1H3,(H,16,22)/b9-4+. The molecule has 124 valence electrons. The van der Waals surface area contributed by atoms with E-state index in [1.807, 2.05) is 6.92 Å². The topological polar surface area (TPSA) is 116 Å². The number of nitrogens with zero attached hydrogens (tertiary/aromatic N) is 5. The fraction of sp³-hybridized carbons (Fsp3) is 0.333. The Morgan fingerprint density at radius 1 is 1.42 bits per heavy atom. The van der Waals surface area contributed by atoms with Crippen molar-refractivity contribution >= 4 is 17.7 Å². The van der Waals surface area contributed by atoms with Crippen molar-refractivity contribution in [3.63, 3.8) is 0 Å². The fourth-order valence-electron chi connectivity index (χ4n) is 2.27. The van der Waals surface area contributed by atoms with Gasteiger partial charge in [0.25, 0.3) is 5.69 Å². The molecule has 1 saturated carbocycles. The highest BCUT2D eigenvalue weighted by molar-refractivity contribution is 5.91. The van der Waals surface area contributed by atoms with E-state index in [0.717, 1.165) is 12.8 Å². The Hall–Kier alpha value is -3.10. The Kier molecular flexibility index (Phi) is 4.32. The molecule has 1 aliphatic carbocycles. The first-order valence-corrected chi connectivity index (χ1v) is 7.55. The van der Waals surface area contributed by atoms with E-state index < -0.39 is 4.92 Å². The lowest BCUT2D eigenvalue weighted by Crippen LogP contribution is -2.27. The largest absolute Gasteiger partial charge is 0.343 e. The van der Waals surface area contributed by atoms with Gasteiger partial charge in [-0.3, -0.25) is 14.9 Å². The van der Waals surface area contributed by atoms with E-state index in [2.05, 4.69) is 20.8 Å². The molecule has 0 aliphatic heterocycles. The highest BCUT2D eigenvalue weighted by atomic mass is 16.6. The van der Waals surface area contributed by atoms with Crippen LogP contribution in [0.3, 0.4) is 0 Å². The minimum Gasteiger partial charge on any atom is -0.343 e. The second-order valence-corrected chi connectivity index (χ2v) is 5.63. The fourth-order valence-corrected chi connectivity index (χ4v) is 2.27. The van der Waals surface area contributed by atoms with E-state index >= 15 is 0 Å². The predicted molar refractivity (Wildman–Crippen MR) is 84.8 cm³/mol. The summed E-state index contributed by atoms with van der Waals surface area (Å²) in [5.74, 6) is 0.348. The number of hydrogen-bond acceptors (Lipinski definition) is 6. The predicted octanol–water partition coefficient (Wildman–Crippen LogP) is 1.81. The third kappa shape index (κ3) is 3.62. The second kappa shape index (κ2) is 6.57. The molecule has 9 heteroatoms. The molecule has 1 N–H and O–H groups in total. The molecule has 1 fully saturated rings. The van der Waals surface area contributed by atoms with E-state index in [-0.39, 0.29) is 17.6 Å². The summed E-state index contributed by atoms with van der Waals surface area (Å²) in [5.41, 5.74) is 0.711. The average Bonchev–Trinajstić information content (AvgIpc) is 3.29. The van der Waals surface area contributed by atoms with Gasteiger partial charge in [0.2, 0.25) is 5.91 Å². The summed E-state index contributed by atoms with van der Waals surface area (Å²) in [4.78, 5) is 22.1. The molecule has 2 aromatic rings. The number of aromatic nitrogens is 4. The molecular formula is C15H16N6O3. The van der Waals surface area contributed by atoms with Crippen molar-refractivity contribution in [2.75, 3.05) is 0 Å². The molecule has 1 amide bonds. The summed E-state index contributed by atoms with van der Waals surface area (Å²) in [6.07, 6.45) is 5.08. The Balaban J connectivity index is 1.60. The SMILES string of the molecule is CC(NC(=O)/C=C/c1ccc([N+](=O)[O-])cc1)c1nnnn1C1CC1. The van der Waals surface area contributed by atoms with Crippen molar-refractivity contribution in [2.45, 2.75) is 31.8 Å². The van der Waals surface area contributed by atoms with E-state index in [1.54, 1.807) is 22.9 Å². The van der Waals surface area contributed by atoms with Gasteiger partial charge in [0.1, 0.15) is 0 Å². The Bertz CT molecular complexity index is 779. The third-order valence-electron chi connectivity index (χ3n) is 3.69. The number of rotatable bonds is 6. The minimum atomic E-state index is -0.466. The lowest BCUT2D eigenvalue weighted by molar-refractivity contribution is -0.384. The van der Waals surface area contributed by atoms with Crippen molar-refractivity contribution in [2.24, 2.45) is 0 Å². The van der Waals surface area contributed by atoms with Gasteiger partial charge in [-0.1, -0.05) is 0 Å². The van der Waals surface area contributed by atoms with Gasteiger partial charge in [-0.05, 0) is 54.0 Å². The van der Waals surface area contributed by atoms with E-state index in [9.17, 15) is 14.9 Å². The summed E-state index contributed by atoms with van der Waals surface area (Å²) in [7, 11) is 0. The molecule has 1 aromatic heterocycles. The maximum atomic E-state index is 12.0. The molecule has 0 saturated heterocycles. The van der Waals surface area contributed by atoms with Crippen molar-refractivity contribution in [1.82, 2.24) is 25.5 Å². The number of nitro benzene ring substituents is 1. The lowest BCUT2D eigenvalue weighted by Gasteiger charge is -2.11. The van der Waals surface area contributed by atoms with Crippen molar-refractivity contribution in [1.29, 1.82) is 0 Å². The van der Waals surface area contributed by atoms with Gasteiger partial charge in [0.15, 0.2) is 5.82 Å². The van der Waals surface area contributed by atoms with Crippen LogP contribution in [-0.4, -0.2) is 31.0 Å². The summed E-state index contributed by atoms with van der Waals surface area (Å²) in [6.45, 7) is 1.82. The number of carbonyl (C=O) groups is 1. The first-order valence-electron chi connectivity index (χ1n) is 7.55. The molecule has 3 rings (SSSR count). The van der Waals surface area contributed by atoms with Crippen LogP contribution in [0.1, 0.15) is 43.2 Å². The Morgan fingerprint density at radius 3 is 2.75 bits per heavy atom. The number of hydrogen-bond donors (Lipinski definition) is 1. The van der Waals surface area contributed by atoms with Crippen LogP contribution in [0.25, 0.3) is 6.08 Å². The summed E-state index contributed by atoms with van der Waals surface area (Å²) < 4.78 is 1.75. The van der Waals surface area contributed by atoms with Gasteiger partial charge in [-0.2, -0.15) is 0 Å². The number of amides is 1. The smallest absolute Gasteiger partial charge is 0.269 e.